The number of likely N-dealkylation sites (tertiary alicyclic amines) is 1. The number of halogens is 2. The summed E-state index contributed by atoms with van der Waals surface area (Å²) < 4.78 is 11.9. The number of rotatable bonds is 6. The monoisotopic (exact) mass is 629 g/mol. The van der Waals surface area contributed by atoms with Gasteiger partial charge in [-0.2, -0.15) is 15.2 Å². The van der Waals surface area contributed by atoms with E-state index in [1.165, 1.54) is 0 Å². The largest absolute Gasteiger partial charge is 0.462 e. The first-order valence-electron chi connectivity index (χ1n) is 15.1. The van der Waals surface area contributed by atoms with Crippen LogP contribution in [0.1, 0.15) is 57.7 Å². The fourth-order valence-electron chi connectivity index (χ4n) is 6.11. The van der Waals surface area contributed by atoms with Crippen LogP contribution in [0.15, 0.2) is 18.2 Å². The molecule has 0 bridgehead atoms. The maximum atomic E-state index is 13.0. The van der Waals surface area contributed by atoms with Gasteiger partial charge in [-0.15, -0.1) is 0 Å². The normalized spacial score (nSPS) is 21.3. The van der Waals surface area contributed by atoms with Crippen LogP contribution in [0.25, 0.3) is 0 Å². The number of likely N-dealkylation sites (N-methyl/N-ethyl adjacent to an activating group) is 1. The molecule has 2 atom stereocenters. The Morgan fingerprint density at radius 3 is 2.63 bits per heavy atom. The molecule has 10 nitrogen and oxygen atoms in total. The van der Waals surface area contributed by atoms with Gasteiger partial charge in [0.25, 0.3) is 0 Å². The van der Waals surface area contributed by atoms with Gasteiger partial charge in [0, 0.05) is 37.8 Å². The molecule has 0 aliphatic carbocycles. The summed E-state index contributed by atoms with van der Waals surface area (Å²) in [5, 5.41) is 10.7. The van der Waals surface area contributed by atoms with Gasteiger partial charge in [-0.3, -0.25) is 0 Å². The van der Waals surface area contributed by atoms with E-state index in [2.05, 4.69) is 27.8 Å². The number of benzene rings is 1. The predicted octanol–water partition coefficient (Wildman–Crippen LogP) is 5.55. The number of carbonyl (C=O) groups is 1. The van der Waals surface area contributed by atoms with E-state index in [-0.39, 0.29) is 12.5 Å². The van der Waals surface area contributed by atoms with E-state index in [9.17, 15) is 10.1 Å². The van der Waals surface area contributed by atoms with Gasteiger partial charge in [0.15, 0.2) is 0 Å². The number of hydrogen-bond donors (Lipinski definition) is 0. The molecule has 0 N–H and O–H groups in total. The van der Waals surface area contributed by atoms with Crippen molar-refractivity contribution in [3.05, 3.63) is 39.5 Å². The molecule has 12 heteroatoms. The Labute approximate surface area is 264 Å². The zero-order valence-electron chi connectivity index (χ0n) is 25.5. The van der Waals surface area contributed by atoms with Crippen LogP contribution in [0.3, 0.4) is 0 Å². The number of nitriles is 1. The van der Waals surface area contributed by atoms with Gasteiger partial charge >= 0.3 is 12.1 Å². The number of fused-ring (bicyclic) bond motifs is 1. The van der Waals surface area contributed by atoms with Gasteiger partial charge in [0.2, 0.25) is 0 Å². The van der Waals surface area contributed by atoms with Crippen molar-refractivity contribution < 1.29 is 14.3 Å². The fourth-order valence-corrected chi connectivity index (χ4v) is 6.52. The highest BCUT2D eigenvalue weighted by Gasteiger charge is 2.36. The maximum Gasteiger partial charge on any atom is 0.410 e. The summed E-state index contributed by atoms with van der Waals surface area (Å²) in [5.41, 5.74) is 2.21. The average molecular weight is 631 g/mol. The molecule has 0 radical (unpaired) electrons. The topological polar surface area (TPSA) is 98.1 Å². The van der Waals surface area contributed by atoms with E-state index in [4.69, 9.17) is 42.6 Å². The molecule has 5 rings (SSSR count). The quantitative estimate of drug-likeness (QED) is 0.407. The average Bonchev–Trinajstić information content (AvgIpc) is 3.24. The molecule has 0 spiro atoms. The minimum absolute atomic E-state index is 0.196. The lowest BCUT2D eigenvalue weighted by Gasteiger charge is -2.42. The Morgan fingerprint density at radius 1 is 1.09 bits per heavy atom. The molecule has 2 aromatic rings. The van der Waals surface area contributed by atoms with E-state index < -0.39 is 11.7 Å². The van der Waals surface area contributed by atoms with Crippen LogP contribution >= 0.6 is 23.2 Å². The minimum atomic E-state index is -0.618. The summed E-state index contributed by atoms with van der Waals surface area (Å²) in [6, 6.07) is 8.29. The van der Waals surface area contributed by atoms with Crippen LogP contribution in [0.2, 0.25) is 10.0 Å². The molecular formula is C31H41Cl2N7O3. The van der Waals surface area contributed by atoms with E-state index in [1.54, 1.807) is 11.0 Å². The minimum Gasteiger partial charge on any atom is -0.462 e. The van der Waals surface area contributed by atoms with Crippen LogP contribution in [0.5, 0.6) is 6.01 Å². The molecule has 3 aliphatic rings. The third-order valence-electron chi connectivity index (χ3n) is 8.33. The molecule has 3 aliphatic heterocycles. The lowest BCUT2D eigenvalue weighted by Crippen LogP contribution is -2.56. The fraction of sp³-hybridized carbons (Fsp3) is 0.613. The molecule has 1 aromatic heterocycles. The summed E-state index contributed by atoms with van der Waals surface area (Å²) >= 11 is 13.0. The Hall–Kier alpha value is -3.00. The second kappa shape index (κ2) is 13.3. The van der Waals surface area contributed by atoms with Crippen molar-refractivity contribution in [1.82, 2.24) is 19.8 Å². The van der Waals surface area contributed by atoms with Gasteiger partial charge in [-0.25, -0.2) is 4.79 Å². The molecule has 43 heavy (non-hydrogen) atoms. The number of nitrogens with zero attached hydrogens (tertiary/aromatic N) is 7. The molecular weight excluding hydrogens is 589 g/mol. The zero-order valence-corrected chi connectivity index (χ0v) is 27.0. The Balaban J connectivity index is 1.46. The SMILES string of the molecule is CN1CCC[C@H]1COc1nc2c(c(N3CCN(C(=O)OC(C)(C)C)C(CC#N)C3)n1)CCCN(c1cccc(Cl)c1Cl)C2. The number of ether oxygens (including phenoxy) is 2. The number of carbonyl (C=O) groups excluding carboxylic acids is 1. The van der Waals surface area contributed by atoms with Crippen molar-refractivity contribution in [3.8, 4) is 12.1 Å². The number of amides is 1. The van der Waals surface area contributed by atoms with Gasteiger partial charge in [-0.1, -0.05) is 29.3 Å². The van der Waals surface area contributed by atoms with Crippen molar-refractivity contribution in [3.63, 3.8) is 0 Å². The van der Waals surface area contributed by atoms with Crippen LogP contribution in [-0.2, 0) is 17.7 Å². The molecule has 2 saturated heterocycles. The Bertz CT molecular complexity index is 1360. The Morgan fingerprint density at radius 2 is 1.91 bits per heavy atom. The van der Waals surface area contributed by atoms with E-state index >= 15 is 0 Å². The second-order valence-corrected chi connectivity index (χ2v) is 13.4. The van der Waals surface area contributed by atoms with Crippen molar-refractivity contribution in [2.45, 2.75) is 77.1 Å². The number of aromatic nitrogens is 2. The third kappa shape index (κ3) is 7.39. The smallest absolute Gasteiger partial charge is 0.410 e. The third-order valence-corrected chi connectivity index (χ3v) is 9.14. The summed E-state index contributed by atoms with van der Waals surface area (Å²) in [6.45, 7) is 9.87. The number of anilines is 2. The molecule has 0 saturated carbocycles. The first-order chi connectivity index (χ1) is 20.5. The van der Waals surface area contributed by atoms with Crippen LogP contribution < -0.4 is 14.5 Å². The van der Waals surface area contributed by atoms with Crippen molar-refractivity contribution in [2.75, 3.05) is 56.2 Å². The maximum absolute atomic E-state index is 13.0. The highest BCUT2D eigenvalue weighted by molar-refractivity contribution is 6.43. The summed E-state index contributed by atoms with van der Waals surface area (Å²) in [7, 11) is 2.12. The molecule has 232 valence electrons. The first kappa shape index (κ1) is 31.4. The molecule has 4 heterocycles. The van der Waals surface area contributed by atoms with E-state index in [0.717, 1.165) is 61.5 Å². The van der Waals surface area contributed by atoms with Gasteiger partial charge in [0.1, 0.15) is 18.0 Å². The van der Waals surface area contributed by atoms with Crippen LogP contribution in [0.4, 0.5) is 16.3 Å². The van der Waals surface area contributed by atoms with Gasteiger partial charge in [-0.05, 0) is 72.2 Å². The zero-order chi connectivity index (χ0) is 30.7. The second-order valence-electron chi connectivity index (χ2n) is 12.6. The highest BCUT2D eigenvalue weighted by Crippen LogP contribution is 2.37. The molecule has 1 amide bonds. The lowest BCUT2D eigenvalue weighted by molar-refractivity contribution is 0.0144. The number of piperazine rings is 1. The predicted molar refractivity (Wildman–Crippen MR) is 168 cm³/mol. The standard InChI is InChI=1S/C31H41Cl2N7O3/c1-31(2,3)43-30(41)40-17-16-39(18-21(40)12-13-34)28-23-9-7-15-38(26-11-5-10-24(32)27(26)33)19-25(23)35-29(36-28)42-20-22-8-6-14-37(22)4/h5,10-11,21-22H,6-9,12,14-20H2,1-4H3/t21?,22-/m0/s1. The van der Waals surface area contributed by atoms with E-state index in [1.807, 2.05) is 32.9 Å². The number of hydrogen-bond acceptors (Lipinski definition) is 9. The molecule has 1 unspecified atom stereocenters. The highest BCUT2D eigenvalue weighted by atomic mass is 35.5. The van der Waals surface area contributed by atoms with Crippen molar-refractivity contribution in [1.29, 1.82) is 5.26 Å². The van der Waals surface area contributed by atoms with Crippen LogP contribution in [0, 0.1) is 11.3 Å². The first-order valence-corrected chi connectivity index (χ1v) is 15.8. The van der Waals surface area contributed by atoms with E-state index in [0.29, 0.717) is 54.9 Å². The van der Waals surface area contributed by atoms with Gasteiger partial charge in [0.05, 0.1) is 46.5 Å². The summed E-state index contributed by atoms with van der Waals surface area (Å²) in [6.07, 6.45) is 3.68. The van der Waals surface area contributed by atoms with Crippen LogP contribution in [-0.4, -0.2) is 89.9 Å². The van der Waals surface area contributed by atoms with Gasteiger partial charge < -0.3 is 29.1 Å². The van der Waals surface area contributed by atoms with Crippen molar-refractivity contribution in [2.24, 2.45) is 0 Å². The lowest BCUT2D eigenvalue weighted by atomic mass is 10.1. The molecule has 1 aromatic carbocycles. The van der Waals surface area contributed by atoms with Crippen molar-refractivity contribution >= 4 is 40.8 Å². The summed E-state index contributed by atoms with van der Waals surface area (Å²) in [5.74, 6) is 0.811. The Kier molecular flexibility index (Phi) is 9.74. The molecule has 2 fully saturated rings. The summed E-state index contributed by atoms with van der Waals surface area (Å²) in [4.78, 5) is 31.4.